The molecule has 0 aliphatic heterocycles. The highest BCUT2D eigenvalue weighted by molar-refractivity contribution is 8.01. The number of halogens is 1. The molecule has 0 bridgehead atoms. The number of thiazole rings is 1. The van der Waals surface area contributed by atoms with E-state index in [9.17, 15) is 4.79 Å². The van der Waals surface area contributed by atoms with Gasteiger partial charge >= 0.3 is 0 Å². The number of benzene rings is 1. The van der Waals surface area contributed by atoms with Crippen molar-refractivity contribution in [1.29, 1.82) is 5.26 Å². The Bertz CT molecular complexity index is 1050. The first-order chi connectivity index (χ1) is 13.4. The van der Waals surface area contributed by atoms with E-state index < -0.39 is 0 Å². The fraction of sp³-hybridized carbons (Fsp3) is 0.263. The van der Waals surface area contributed by atoms with Gasteiger partial charge in [0.05, 0.1) is 39.5 Å². The van der Waals surface area contributed by atoms with E-state index in [1.807, 2.05) is 49.7 Å². The van der Waals surface area contributed by atoms with Gasteiger partial charge in [-0.3, -0.25) is 4.79 Å². The molecule has 1 amide bonds. The molecule has 144 valence electrons. The van der Waals surface area contributed by atoms with Gasteiger partial charge in [0, 0.05) is 16.3 Å². The summed E-state index contributed by atoms with van der Waals surface area (Å²) in [6.45, 7) is 5.71. The van der Waals surface area contributed by atoms with Gasteiger partial charge in [-0.05, 0) is 45.0 Å². The van der Waals surface area contributed by atoms with Crippen molar-refractivity contribution in [3.63, 3.8) is 0 Å². The zero-order valence-electron chi connectivity index (χ0n) is 15.6. The lowest BCUT2D eigenvalue weighted by molar-refractivity contribution is -0.115. The average molecular weight is 432 g/mol. The first-order valence-electron chi connectivity index (χ1n) is 8.47. The first-order valence-corrected chi connectivity index (χ1v) is 10.6. The summed E-state index contributed by atoms with van der Waals surface area (Å²) in [4.78, 5) is 16.9. The molecule has 0 saturated heterocycles. The molecular formula is C19H18ClN5OS2. The summed E-state index contributed by atoms with van der Waals surface area (Å²) in [6.07, 6.45) is 0.213. The molecule has 0 unspecified atom stereocenters. The number of hydrogen-bond donors (Lipinski definition) is 1. The van der Waals surface area contributed by atoms with E-state index >= 15 is 0 Å². The Labute approximate surface area is 176 Å². The number of nitriles is 1. The number of anilines is 1. The van der Waals surface area contributed by atoms with Crippen molar-refractivity contribution in [3.05, 3.63) is 51.9 Å². The van der Waals surface area contributed by atoms with Crippen molar-refractivity contribution in [1.82, 2.24) is 14.8 Å². The number of carbonyl (C=O) groups is 1. The van der Waals surface area contributed by atoms with Crippen molar-refractivity contribution in [2.24, 2.45) is 0 Å². The summed E-state index contributed by atoms with van der Waals surface area (Å²) < 4.78 is 2.76. The van der Waals surface area contributed by atoms with Crippen LogP contribution < -0.4 is 5.32 Å². The van der Waals surface area contributed by atoms with Crippen molar-refractivity contribution in [3.8, 4) is 11.8 Å². The van der Waals surface area contributed by atoms with E-state index in [4.69, 9.17) is 16.9 Å². The maximum atomic E-state index is 12.6. The molecule has 2 aromatic heterocycles. The van der Waals surface area contributed by atoms with Crippen molar-refractivity contribution in [2.75, 3.05) is 11.1 Å². The van der Waals surface area contributed by atoms with Gasteiger partial charge in [0.25, 0.3) is 0 Å². The minimum absolute atomic E-state index is 0.146. The third kappa shape index (κ3) is 4.55. The Hall–Kier alpha value is -2.34. The van der Waals surface area contributed by atoms with Crippen LogP contribution in [0.2, 0.25) is 5.02 Å². The van der Waals surface area contributed by atoms with Crippen LogP contribution in [0.5, 0.6) is 0 Å². The van der Waals surface area contributed by atoms with Gasteiger partial charge < -0.3 is 5.32 Å². The Kier molecular flexibility index (Phi) is 6.39. The largest absolute Gasteiger partial charge is 0.302 e. The molecule has 6 nitrogen and oxygen atoms in total. The fourth-order valence-electron chi connectivity index (χ4n) is 2.76. The monoisotopic (exact) mass is 431 g/mol. The topological polar surface area (TPSA) is 83.6 Å². The smallest absolute Gasteiger partial charge is 0.230 e. The summed E-state index contributed by atoms with van der Waals surface area (Å²) in [6, 6.07) is 9.51. The quantitative estimate of drug-likeness (QED) is 0.571. The molecule has 3 rings (SSSR count). The fourth-order valence-corrected chi connectivity index (χ4v) is 4.70. The SMILES string of the molecule is Cc1nc(NC(=O)Cc2c(C)nn(-c3ccc(Cl)cc3)c2C)sc1SCC#N. The van der Waals surface area contributed by atoms with Gasteiger partial charge in [-0.2, -0.15) is 10.4 Å². The molecule has 0 aliphatic carbocycles. The third-order valence-electron chi connectivity index (χ3n) is 4.12. The van der Waals surface area contributed by atoms with Crippen LogP contribution in [-0.4, -0.2) is 26.4 Å². The van der Waals surface area contributed by atoms with E-state index in [1.54, 1.807) is 0 Å². The van der Waals surface area contributed by atoms with Gasteiger partial charge in [-0.1, -0.05) is 34.7 Å². The number of aromatic nitrogens is 3. The minimum atomic E-state index is -0.146. The second-order valence-corrected chi connectivity index (χ2v) is 8.78. The molecule has 0 atom stereocenters. The highest BCUT2D eigenvalue weighted by atomic mass is 35.5. The Morgan fingerprint density at radius 3 is 2.68 bits per heavy atom. The van der Waals surface area contributed by atoms with Crippen LogP contribution in [0.4, 0.5) is 5.13 Å². The predicted octanol–water partition coefficient (Wildman–Crippen LogP) is 4.70. The molecule has 0 aliphatic rings. The molecule has 0 saturated carbocycles. The van der Waals surface area contributed by atoms with Crippen molar-refractivity contribution in [2.45, 2.75) is 31.4 Å². The van der Waals surface area contributed by atoms with Crippen LogP contribution in [0.1, 0.15) is 22.6 Å². The maximum Gasteiger partial charge on any atom is 0.230 e. The summed E-state index contributed by atoms with van der Waals surface area (Å²) in [5, 5.41) is 17.3. The standard InChI is InChI=1S/C19H18ClN5OS2/c1-11-16(13(3)25(24-11)15-6-4-14(20)5-7-15)10-17(26)23-19-22-12(2)18(28-19)27-9-8-21/h4-7H,9-10H2,1-3H3,(H,22,23,26). The molecule has 0 radical (unpaired) electrons. The van der Waals surface area contributed by atoms with E-state index in [0.717, 1.165) is 32.5 Å². The summed E-state index contributed by atoms with van der Waals surface area (Å²) in [5.74, 6) is 0.214. The van der Waals surface area contributed by atoms with E-state index in [1.165, 1.54) is 23.1 Å². The average Bonchev–Trinajstić information content (AvgIpc) is 3.14. The van der Waals surface area contributed by atoms with E-state index in [0.29, 0.717) is 15.9 Å². The number of amides is 1. The molecule has 0 fully saturated rings. The third-order valence-corrected chi connectivity index (χ3v) is 6.67. The number of aryl methyl sites for hydroxylation is 2. The molecule has 1 aromatic carbocycles. The lowest BCUT2D eigenvalue weighted by Crippen LogP contribution is -2.15. The van der Waals surface area contributed by atoms with Gasteiger partial charge in [-0.25, -0.2) is 9.67 Å². The van der Waals surface area contributed by atoms with Crippen LogP contribution in [0.25, 0.3) is 5.69 Å². The van der Waals surface area contributed by atoms with E-state index in [-0.39, 0.29) is 12.3 Å². The molecule has 2 heterocycles. The zero-order chi connectivity index (χ0) is 20.3. The Morgan fingerprint density at radius 2 is 2.00 bits per heavy atom. The van der Waals surface area contributed by atoms with Crippen LogP contribution >= 0.6 is 34.7 Å². The number of nitrogens with zero attached hydrogens (tertiary/aromatic N) is 4. The summed E-state index contributed by atoms with van der Waals surface area (Å²) in [5.41, 5.74) is 4.33. The van der Waals surface area contributed by atoms with E-state index in [2.05, 4.69) is 21.5 Å². The molecule has 3 aromatic rings. The lowest BCUT2D eigenvalue weighted by Gasteiger charge is -2.06. The molecule has 0 spiro atoms. The number of nitrogens with one attached hydrogen (secondary N) is 1. The number of hydrogen-bond acceptors (Lipinski definition) is 6. The van der Waals surface area contributed by atoms with Crippen molar-refractivity contribution < 1.29 is 4.79 Å². The van der Waals surface area contributed by atoms with Gasteiger partial charge in [0.15, 0.2) is 5.13 Å². The van der Waals surface area contributed by atoms with Crippen LogP contribution in [0.3, 0.4) is 0 Å². The van der Waals surface area contributed by atoms with Gasteiger partial charge in [0.1, 0.15) is 0 Å². The Balaban J connectivity index is 1.74. The van der Waals surface area contributed by atoms with Crippen LogP contribution in [0.15, 0.2) is 28.5 Å². The summed E-state index contributed by atoms with van der Waals surface area (Å²) >= 11 is 8.77. The number of carbonyl (C=O) groups excluding carboxylic acids is 1. The van der Waals surface area contributed by atoms with Crippen molar-refractivity contribution >= 4 is 45.7 Å². The first kappa shape index (κ1) is 20.4. The summed E-state index contributed by atoms with van der Waals surface area (Å²) in [7, 11) is 0. The predicted molar refractivity (Wildman–Crippen MR) is 114 cm³/mol. The Morgan fingerprint density at radius 1 is 1.29 bits per heavy atom. The van der Waals surface area contributed by atoms with Crippen LogP contribution in [0, 0.1) is 32.1 Å². The second kappa shape index (κ2) is 8.78. The molecule has 9 heteroatoms. The molecular weight excluding hydrogens is 414 g/mol. The molecule has 28 heavy (non-hydrogen) atoms. The minimum Gasteiger partial charge on any atom is -0.302 e. The lowest BCUT2D eigenvalue weighted by atomic mass is 10.1. The zero-order valence-corrected chi connectivity index (χ0v) is 18.0. The second-order valence-electron chi connectivity index (χ2n) is 6.10. The maximum absolute atomic E-state index is 12.6. The number of thioether (sulfide) groups is 1. The number of rotatable bonds is 6. The highest BCUT2D eigenvalue weighted by Gasteiger charge is 2.17. The van der Waals surface area contributed by atoms with Crippen LogP contribution in [-0.2, 0) is 11.2 Å². The molecule has 1 N–H and O–H groups in total. The highest BCUT2D eigenvalue weighted by Crippen LogP contribution is 2.32. The normalized spacial score (nSPS) is 10.7. The van der Waals surface area contributed by atoms with Gasteiger partial charge in [0.2, 0.25) is 5.91 Å². The van der Waals surface area contributed by atoms with Gasteiger partial charge in [-0.15, -0.1) is 0 Å².